The minimum atomic E-state index is -0.391. The van der Waals surface area contributed by atoms with E-state index in [0.717, 1.165) is 37.0 Å². The summed E-state index contributed by atoms with van der Waals surface area (Å²) in [5.41, 5.74) is 1.53. The summed E-state index contributed by atoms with van der Waals surface area (Å²) in [5, 5.41) is 0.428. The molecule has 0 amide bonds. The number of para-hydroxylation sites is 1. The van der Waals surface area contributed by atoms with Gasteiger partial charge in [-0.3, -0.25) is 9.36 Å². The highest BCUT2D eigenvalue weighted by Crippen LogP contribution is 2.28. The van der Waals surface area contributed by atoms with Gasteiger partial charge in [-0.15, -0.1) is 0 Å². The van der Waals surface area contributed by atoms with E-state index in [0.29, 0.717) is 28.4 Å². The number of imidazole rings is 1. The molecule has 1 aliphatic rings. The lowest BCUT2D eigenvalue weighted by Gasteiger charge is -2.17. The van der Waals surface area contributed by atoms with Crippen molar-refractivity contribution in [1.82, 2.24) is 18.7 Å². The van der Waals surface area contributed by atoms with Crippen LogP contribution in [0.3, 0.4) is 0 Å². The quantitative estimate of drug-likeness (QED) is 0.457. The van der Waals surface area contributed by atoms with Crippen molar-refractivity contribution in [1.29, 1.82) is 0 Å². The van der Waals surface area contributed by atoms with E-state index in [2.05, 4.69) is 4.98 Å². The Morgan fingerprint density at radius 1 is 1.06 bits per heavy atom. The molecule has 0 unspecified atom stereocenters. The van der Waals surface area contributed by atoms with Crippen LogP contribution >= 0.6 is 11.6 Å². The largest absolute Gasteiger partial charge is 0.497 e. The molecule has 4 aromatic rings. The second kappa shape index (κ2) is 8.31. The molecule has 1 saturated carbocycles. The molecule has 2 aromatic heterocycles. The monoisotopic (exact) mass is 450 g/mol. The zero-order valence-electron chi connectivity index (χ0n) is 17.7. The lowest BCUT2D eigenvalue weighted by atomic mass is 10.2. The Kier molecular flexibility index (Phi) is 5.35. The summed E-state index contributed by atoms with van der Waals surface area (Å²) in [6.07, 6.45) is 5.26. The SMILES string of the molecule is COc1ccc(Cn2cnc3c2c(=O)n(C2CCCC2)c(=O)n3-c2ccccc2Cl)cc1. The van der Waals surface area contributed by atoms with Gasteiger partial charge in [-0.25, -0.2) is 14.3 Å². The van der Waals surface area contributed by atoms with Gasteiger partial charge < -0.3 is 9.30 Å². The number of benzene rings is 2. The predicted molar refractivity (Wildman–Crippen MR) is 124 cm³/mol. The molecule has 0 saturated heterocycles. The first-order valence-corrected chi connectivity index (χ1v) is 11.1. The van der Waals surface area contributed by atoms with E-state index in [9.17, 15) is 9.59 Å². The summed E-state index contributed by atoms with van der Waals surface area (Å²) in [5.74, 6) is 0.764. The van der Waals surface area contributed by atoms with Crippen molar-refractivity contribution in [2.75, 3.05) is 7.11 Å². The Bertz CT molecular complexity index is 1400. The van der Waals surface area contributed by atoms with Crippen molar-refractivity contribution in [2.24, 2.45) is 0 Å². The number of fused-ring (bicyclic) bond motifs is 1. The molecule has 0 radical (unpaired) electrons. The molecular weight excluding hydrogens is 428 g/mol. The van der Waals surface area contributed by atoms with Crippen molar-refractivity contribution in [3.8, 4) is 11.4 Å². The second-order valence-corrected chi connectivity index (χ2v) is 8.48. The molecule has 0 atom stereocenters. The maximum atomic E-state index is 13.6. The average molecular weight is 451 g/mol. The van der Waals surface area contributed by atoms with E-state index >= 15 is 0 Å². The highest BCUT2D eigenvalue weighted by atomic mass is 35.5. The lowest BCUT2D eigenvalue weighted by Crippen LogP contribution is -2.42. The zero-order valence-corrected chi connectivity index (χ0v) is 18.5. The number of aromatic nitrogens is 4. The van der Waals surface area contributed by atoms with Crippen LogP contribution < -0.4 is 16.0 Å². The number of hydrogen-bond donors (Lipinski definition) is 0. The van der Waals surface area contributed by atoms with Crippen LogP contribution in [0.25, 0.3) is 16.9 Å². The number of halogens is 1. The molecule has 0 N–H and O–H groups in total. The number of methoxy groups -OCH3 is 1. The Labute approximate surface area is 189 Å². The van der Waals surface area contributed by atoms with Crippen molar-refractivity contribution in [3.05, 3.63) is 86.3 Å². The van der Waals surface area contributed by atoms with Crippen LogP contribution in [0.5, 0.6) is 5.75 Å². The van der Waals surface area contributed by atoms with Gasteiger partial charge in [0.1, 0.15) is 5.75 Å². The molecule has 1 fully saturated rings. The molecule has 2 heterocycles. The molecule has 0 spiro atoms. The first-order chi connectivity index (χ1) is 15.6. The van der Waals surface area contributed by atoms with Gasteiger partial charge in [0.2, 0.25) is 0 Å². The third kappa shape index (κ3) is 3.42. The summed E-state index contributed by atoms with van der Waals surface area (Å²) in [6.45, 7) is 0.446. The fraction of sp³-hybridized carbons (Fsp3) is 0.292. The van der Waals surface area contributed by atoms with Crippen LogP contribution in [0, 0.1) is 0 Å². The lowest BCUT2D eigenvalue weighted by molar-refractivity contribution is 0.414. The molecule has 7 nitrogen and oxygen atoms in total. The molecule has 32 heavy (non-hydrogen) atoms. The van der Waals surface area contributed by atoms with Crippen molar-refractivity contribution < 1.29 is 4.74 Å². The van der Waals surface area contributed by atoms with Gasteiger partial charge in [0.25, 0.3) is 5.56 Å². The molecule has 2 aromatic carbocycles. The predicted octanol–water partition coefficient (Wildman–Crippen LogP) is 4.17. The second-order valence-electron chi connectivity index (χ2n) is 8.08. The molecule has 164 valence electrons. The average Bonchev–Trinajstić information content (AvgIpc) is 3.46. The zero-order chi connectivity index (χ0) is 22.2. The Morgan fingerprint density at radius 3 is 2.47 bits per heavy atom. The first kappa shape index (κ1) is 20.6. The fourth-order valence-corrected chi connectivity index (χ4v) is 4.76. The number of nitrogens with zero attached hydrogens (tertiary/aromatic N) is 4. The Hall–Kier alpha value is -3.32. The van der Waals surface area contributed by atoms with Crippen LogP contribution in [-0.4, -0.2) is 25.8 Å². The molecule has 0 bridgehead atoms. The van der Waals surface area contributed by atoms with Crippen LogP contribution in [0.2, 0.25) is 5.02 Å². The Balaban J connectivity index is 1.75. The summed E-state index contributed by atoms with van der Waals surface area (Å²) in [4.78, 5) is 31.7. The molecule has 0 aliphatic heterocycles. The highest BCUT2D eigenvalue weighted by molar-refractivity contribution is 6.32. The summed E-state index contributed by atoms with van der Waals surface area (Å²) in [6, 6.07) is 14.7. The van der Waals surface area contributed by atoms with Gasteiger partial charge in [0.05, 0.1) is 24.1 Å². The number of ether oxygens (including phenoxy) is 1. The van der Waals surface area contributed by atoms with Gasteiger partial charge in [-0.1, -0.05) is 48.7 Å². The summed E-state index contributed by atoms with van der Waals surface area (Å²) >= 11 is 6.45. The van der Waals surface area contributed by atoms with Gasteiger partial charge in [-0.05, 0) is 42.7 Å². The minimum Gasteiger partial charge on any atom is -0.497 e. The van der Waals surface area contributed by atoms with Crippen molar-refractivity contribution in [3.63, 3.8) is 0 Å². The van der Waals surface area contributed by atoms with Crippen molar-refractivity contribution in [2.45, 2.75) is 38.3 Å². The third-order valence-corrected chi connectivity index (χ3v) is 6.46. The fourth-order valence-electron chi connectivity index (χ4n) is 4.54. The maximum absolute atomic E-state index is 13.6. The van der Waals surface area contributed by atoms with E-state index in [-0.39, 0.29) is 11.6 Å². The minimum absolute atomic E-state index is 0.113. The van der Waals surface area contributed by atoms with Crippen LogP contribution in [0.1, 0.15) is 37.3 Å². The van der Waals surface area contributed by atoms with Crippen LogP contribution in [0.15, 0.2) is 64.4 Å². The smallest absolute Gasteiger partial charge is 0.337 e. The molecular formula is C24H23ClN4O3. The van der Waals surface area contributed by atoms with Gasteiger partial charge in [0.15, 0.2) is 11.2 Å². The number of hydrogen-bond acceptors (Lipinski definition) is 4. The molecule has 1 aliphatic carbocycles. The van der Waals surface area contributed by atoms with E-state index in [1.807, 2.05) is 36.4 Å². The first-order valence-electron chi connectivity index (χ1n) is 10.7. The van der Waals surface area contributed by atoms with Crippen LogP contribution in [0.4, 0.5) is 0 Å². The summed E-state index contributed by atoms with van der Waals surface area (Å²) in [7, 11) is 1.62. The maximum Gasteiger partial charge on any atom is 0.337 e. The van der Waals surface area contributed by atoms with Crippen molar-refractivity contribution >= 4 is 22.8 Å². The molecule has 8 heteroatoms. The van der Waals surface area contributed by atoms with Gasteiger partial charge in [-0.2, -0.15) is 0 Å². The standard InChI is InChI=1S/C24H23ClN4O3/c1-32-18-12-10-16(11-13-18)14-27-15-26-22-21(27)23(30)28(17-6-2-3-7-17)24(31)29(22)20-9-5-4-8-19(20)25/h4-5,8-13,15,17H,2-3,6-7,14H2,1H3. The molecule has 5 rings (SSSR count). The number of rotatable bonds is 5. The highest BCUT2D eigenvalue weighted by Gasteiger charge is 2.26. The van der Waals surface area contributed by atoms with Gasteiger partial charge >= 0.3 is 5.69 Å². The van der Waals surface area contributed by atoms with Crippen LogP contribution in [-0.2, 0) is 6.54 Å². The van der Waals surface area contributed by atoms with E-state index < -0.39 is 5.69 Å². The van der Waals surface area contributed by atoms with E-state index in [1.54, 1.807) is 30.1 Å². The van der Waals surface area contributed by atoms with E-state index in [1.165, 1.54) is 9.13 Å². The van der Waals surface area contributed by atoms with Gasteiger partial charge in [0, 0.05) is 12.6 Å². The topological polar surface area (TPSA) is 71.1 Å². The van der Waals surface area contributed by atoms with E-state index in [4.69, 9.17) is 16.3 Å². The Morgan fingerprint density at radius 2 is 1.78 bits per heavy atom. The normalized spacial score (nSPS) is 14.3. The third-order valence-electron chi connectivity index (χ3n) is 6.14. The summed E-state index contributed by atoms with van der Waals surface area (Å²) < 4.78 is 9.92.